The Hall–Kier alpha value is -3.48. The Kier molecular flexibility index (Phi) is 7.32. The van der Waals surface area contributed by atoms with Crippen LogP contribution in [0.25, 0.3) is 0 Å². The Balaban J connectivity index is 1.44. The summed E-state index contributed by atoms with van der Waals surface area (Å²) < 4.78 is 18.4. The molecule has 0 saturated carbocycles. The number of carbonyl (C=O) groups excluding carboxylic acids is 2. The largest absolute Gasteiger partial charge is 0.490 e. The first-order valence-electron chi connectivity index (χ1n) is 9.78. The summed E-state index contributed by atoms with van der Waals surface area (Å²) in [5.74, 6) is -0.148. The predicted octanol–water partition coefficient (Wildman–Crippen LogP) is 3.39. The number of hydrogen-bond acceptors (Lipinski definition) is 4. The van der Waals surface area contributed by atoms with Crippen LogP contribution in [0.1, 0.15) is 28.8 Å². The first-order chi connectivity index (χ1) is 14.6. The zero-order valence-electron chi connectivity index (χ0n) is 16.6. The lowest BCUT2D eigenvalue weighted by atomic mass is 9.95. The molecule has 1 aliphatic rings. The second-order valence-corrected chi connectivity index (χ2v) is 6.98. The Morgan fingerprint density at radius 3 is 2.43 bits per heavy atom. The van der Waals surface area contributed by atoms with Crippen molar-refractivity contribution in [1.82, 2.24) is 10.3 Å². The van der Waals surface area contributed by atoms with E-state index < -0.39 is 0 Å². The monoisotopic (exact) mass is 409 g/mol. The van der Waals surface area contributed by atoms with Gasteiger partial charge in [-0.3, -0.25) is 9.59 Å². The summed E-state index contributed by atoms with van der Waals surface area (Å²) in [6.07, 6.45) is 4.36. The number of hydrogen-bond donors (Lipinski definition) is 1. The van der Waals surface area contributed by atoms with Crippen LogP contribution < -0.4 is 10.2 Å². The first kappa shape index (κ1) is 21.2. The molecule has 30 heavy (non-hydrogen) atoms. The van der Waals surface area contributed by atoms with E-state index in [-0.39, 0.29) is 23.5 Å². The molecule has 1 fully saturated rings. The molecule has 0 atom stereocenters. The van der Waals surface area contributed by atoms with Gasteiger partial charge in [0.2, 0.25) is 5.91 Å². The predicted molar refractivity (Wildman–Crippen MR) is 113 cm³/mol. The van der Waals surface area contributed by atoms with Crippen LogP contribution in [0.2, 0.25) is 0 Å². The molecule has 1 aliphatic heterocycles. The standard InChI is InChI=1S/C23H24FN3O3/c1-2-15-30-21-9-3-17(4-10-21)16-25-26-22(28)18-11-13-27(14-12-18)23(29)19-5-7-20(24)8-6-19/h2-10,16,18H,1,11-15H2,(H,26,28)/b25-16-. The van der Waals surface area contributed by atoms with Crippen molar-refractivity contribution in [2.75, 3.05) is 19.7 Å². The summed E-state index contributed by atoms with van der Waals surface area (Å²) in [6, 6.07) is 12.8. The number of rotatable bonds is 7. The Bertz CT molecular complexity index is 902. The van der Waals surface area contributed by atoms with Crippen molar-refractivity contribution in [2.24, 2.45) is 11.0 Å². The van der Waals surface area contributed by atoms with E-state index in [1.807, 2.05) is 24.3 Å². The average Bonchev–Trinajstić information content (AvgIpc) is 2.78. The molecule has 7 heteroatoms. The van der Waals surface area contributed by atoms with Crippen molar-refractivity contribution >= 4 is 18.0 Å². The molecule has 2 aromatic rings. The van der Waals surface area contributed by atoms with Gasteiger partial charge in [0.25, 0.3) is 5.91 Å². The Morgan fingerprint density at radius 1 is 1.13 bits per heavy atom. The SMILES string of the molecule is C=CCOc1ccc(/C=N\NC(=O)C2CCN(C(=O)c3ccc(F)cc3)CC2)cc1. The van der Waals surface area contributed by atoms with Crippen molar-refractivity contribution < 1.29 is 18.7 Å². The fourth-order valence-electron chi connectivity index (χ4n) is 3.19. The highest BCUT2D eigenvalue weighted by molar-refractivity contribution is 5.94. The van der Waals surface area contributed by atoms with Gasteiger partial charge in [-0.05, 0) is 66.9 Å². The number of nitrogens with one attached hydrogen (secondary N) is 1. The fraction of sp³-hybridized carbons (Fsp3) is 0.261. The lowest BCUT2D eigenvalue weighted by Gasteiger charge is -2.31. The van der Waals surface area contributed by atoms with E-state index in [4.69, 9.17) is 4.74 Å². The maximum Gasteiger partial charge on any atom is 0.253 e. The Morgan fingerprint density at radius 2 is 1.80 bits per heavy atom. The van der Waals surface area contributed by atoms with Crippen LogP contribution >= 0.6 is 0 Å². The highest BCUT2D eigenvalue weighted by Crippen LogP contribution is 2.19. The summed E-state index contributed by atoms with van der Waals surface area (Å²) in [7, 11) is 0. The van der Waals surface area contributed by atoms with Crippen LogP contribution in [0.4, 0.5) is 4.39 Å². The minimum atomic E-state index is -0.376. The Labute approximate surface area is 175 Å². The van der Waals surface area contributed by atoms with Gasteiger partial charge in [-0.1, -0.05) is 12.7 Å². The first-order valence-corrected chi connectivity index (χ1v) is 9.78. The van der Waals surface area contributed by atoms with Gasteiger partial charge in [0.05, 0.1) is 6.21 Å². The zero-order valence-corrected chi connectivity index (χ0v) is 16.6. The van der Waals surface area contributed by atoms with Crippen LogP contribution in [0.3, 0.4) is 0 Å². The van der Waals surface area contributed by atoms with E-state index in [0.717, 1.165) is 11.3 Å². The summed E-state index contributed by atoms with van der Waals surface area (Å²) in [5, 5.41) is 4.02. The normalized spacial score (nSPS) is 14.5. The van der Waals surface area contributed by atoms with Gasteiger partial charge >= 0.3 is 0 Å². The molecular weight excluding hydrogens is 385 g/mol. The minimum absolute atomic E-state index is 0.146. The molecule has 156 valence electrons. The second-order valence-electron chi connectivity index (χ2n) is 6.98. The summed E-state index contributed by atoms with van der Waals surface area (Å²) in [4.78, 5) is 26.5. The van der Waals surface area contributed by atoms with Crippen molar-refractivity contribution in [3.8, 4) is 5.75 Å². The highest BCUT2D eigenvalue weighted by Gasteiger charge is 2.27. The molecule has 0 aromatic heterocycles. The number of halogens is 1. The van der Waals surface area contributed by atoms with E-state index in [9.17, 15) is 14.0 Å². The number of carbonyl (C=O) groups is 2. The van der Waals surface area contributed by atoms with Gasteiger partial charge in [-0.25, -0.2) is 9.82 Å². The van der Waals surface area contributed by atoms with Crippen molar-refractivity contribution in [2.45, 2.75) is 12.8 Å². The third-order valence-electron chi connectivity index (χ3n) is 4.88. The maximum absolute atomic E-state index is 13.0. The molecule has 0 aliphatic carbocycles. The van der Waals surface area contributed by atoms with Gasteiger partial charge in [-0.15, -0.1) is 0 Å². The van der Waals surface area contributed by atoms with Crippen molar-refractivity contribution in [1.29, 1.82) is 0 Å². The van der Waals surface area contributed by atoms with E-state index in [1.54, 1.807) is 17.2 Å². The molecule has 1 saturated heterocycles. The van der Waals surface area contributed by atoms with Crippen LogP contribution in [-0.4, -0.2) is 42.6 Å². The topological polar surface area (TPSA) is 71.0 Å². The molecule has 2 amide bonds. The van der Waals surface area contributed by atoms with Crippen LogP contribution in [0.15, 0.2) is 66.3 Å². The molecule has 1 heterocycles. The number of piperidine rings is 1. The number of amides is 2. The second kappa shape index (κ2) is 10.3. The quantitative estimate of drug-likeness (QED) is 0.433. The van der Waals surface area contributed by atoms with E-state index in [0.29, 0.717) is 38.1 Å². The van der Waals surface area contributed by atoms with Gasteiger partial charge in [0.15, 0.2) is 0 Å². The molecule has 1 N–H and O–H groups in total. The molecule has 6 nitrogen and oxygen atoms in total. The van der Waals surface area contributed by atoms with E-state index in [2.05, 4.69) is 17.1 Å². The number of ether oxygens (including phenoxy) is 1. The highest BCUT2D eigenvalue weighted by atomic mass is 19.1. The fourth-order valence-corrected chi connectivity index (χ4v) is 3.19. The lowest BCUT2D eigenvalue weighted by molar-refractivity contribution is -0.126. The smallest absolute Gasteiger partial charge is 0.253 e. The summed E-state index contributed by atoms with van der Waals surface area (Å²) in [5.41, 5.74) is 3.86. The average molecular weight is 409 g/mol. The van der Waals surface area contributed by atoms with Crippen molar-refractivity contribution in [3.63, 3.8) is 0 Å². The third-order valence-corrected chi connectivity index (χ3v) is 4.88. The molecule has 3 rings (SSSR count). The zero-order chi connectivity index (χ0) is 21.3. The number of likely N-dealkylation sites (tertiary alicyclic amines) is 1. The van der Waals surface area contributed by atoms with Crippen LogP contribution in [-0.2, 0) is 4.79 Å². The van der Waals surface area contributed by atoms with Gasteiger partial charge < -0.3 is 9.64 Å². The molecule has 0 bridgehead atoms. The minimum Gasteiger partial charge on any atom is -0.490 e. The van der Waals surface area contributed by atoms with Crippen LogP contribution in [0, 0.1) is 11.7 Å². The van der Waals surface area contributed by atoms with Crippen LogP contribution in [0.5, 0.6) is 5.75 Å². The molecule has 0 radical (unpaired) electrons. The molecular formula is C23H24FN3O3. The lowest BCUT2D eigenvalue weighted by Crippen LogP contribution is -2.42. The number of benzene rings is 2. The molecule has 0 spiro atoms. The van der Waals surface area contributed by atoms with Crippen molar-refractivity contribution in [3.05, 3.63) is 78.1 Å². The maximum atomic E-state index is 13.0. The van der Waals surface area contributed by atoms with E-state index in [1.165, 1.54) is 24.3 Å². The number of nitrogens with zero attached hydrogens (tertiary/aromatic N) is 2. The van der Waals surface area contributed by atoms with E-state index >= 15 is 0 Å². The summed E-state index contributed by atoms with van der Waals surface area (Å²) >= 11 is 0. The van der Waals surface area contributed by atoms with Gasteiger partial charge in [-0.2, -0.15) is 5.10 Å². The summed E-state index contributed by atoms with van der Waals surface area (Å²) in [6.45, 7) is 5.00. The molecule has 0 unspecified atom stereocenters. The third kappa shape index (κ3) is 5.76. The number of hydrazone groups is 1. The van der Waals surface area contributed by atoms with Gasteiger partial charge in [0.1, 0.15) is 18.2 Å². The molecule has 2 aromatic carbocycles. The van der Waals surface area contributed by atoms with Gasteiger partial charge in [0, 0.05) is 24.6 Å².